The second-order valence-corrected chi connectivity index (χ2v) is 4.70. The van der Waals surface area contributed by atoms with Crippen molar-refractivity contribution >= 4 is 11.6 Å². The Morgan fingerprint density at radius 3 is 2.83 bits per heavy atom. The maximum Gasteiger partial charge on any atom is 0.262 e. The summed E-state index contributed by atoms with van der Waals surface area (Å²) in [5, 5.41) is 4.00. The molecule has 0 saturated carbocycles. The van der Waals surface area contributed by atoms with Crippen LogP contribution < -0.4 is 5.73 Å². The third-order valence-electron chi connectivity index (χ3n) is 2.85. The molecule has 0 aliphatic heterocycles. The molecule has 0 aliphatic carbocycles. The molecule has 1 aromatic carbocycles. The van der Waals surface area contributed by atoms with Crippen molar-refractivity contribution in [2.75, 3.05) is 0 Å². The minimum absolute atomic E-state index is 0.0400. The normalized spacial score (nSPS) is 14.5. The summed E-state index contributed by atoms with van der Waals surface area (Å²) < 4.78 is 18.7. The molecule has 2 rings (SSSR count). The Morgan fingerprint density at radius 1 is 1.50 bits per heavy atom. The van der Waals surface area contributed by atoms with E-state index in [9.17, 15) is 4.39 Å². The molecule has 0 spiro atoms. The zero-order valence-electron chi connectivity index (χ0n) is 10.1. The highest BCUT2D eigenvalue weighted by Gasteiger charge is 2.27. The monoisotopic (exact) mass is 269 g/mol. The summed E-state index contributed by atoms with van der Waals surface area (Å²) in [6.07, 6.45) is 0.636. The standard InChI is InChI=1S/C12H13ClFN3O/c1-3-12(2,15)11-16-10(18-17-11)9-7(13)5-4-6-8(9)14/h4-6H,3,15H2,1-2H3. The third kappa shape index (κ3) is 2.23. The van der Waals surface area contributed by atoms with Crippen LogP contribution in [0.2, 0.25) is 5.02 Å². The lowest BCUT2D eigenvalue weighted by Gasteiger charge is -2.16. The Kier molecular flexibility index (Phi) is 3.36. The second kappa shape index (κ2) is 4.66. The van der Waals surface area contributed by atoms with Crippen molar-refractivity contribution in [3.8, 4) is 11.5 Å². The summed E-state index contributed by atoms with van der Waals surface area (Å²) in [4.78, 5) is 4.12. The van der Waals surface area contributed by atoms with E-state index in [4.69, 9.17) is 21.9 Å². The smallest absolute Gasteiger partial charge is 0.262 e. The van der Waals surface area contributed by atoms with Crippen LogP contribution in [-0.4, -0.2) is 10.1 Å². The quantitative estimate of drug-likeness (QED) is 0.930. The van der Waals surface area contributed by atoms with E-state index in [1.54, 1.807) is 13.0 Å². The number of hydrogen-bond donors (Lipinski definition) is 1. The van der Waals surface area contributed by atoms with Gasteiger partial charge in [0.25, 0.3) is 5.89 Å². The first-order chi connectivity index (χ1) is 8.45. The van der Waals surface area contributed by atoms with Crippen molar-refractivity contribution < 1.29 is 8.91 Å². The summed E-state index contributed by atoms with van der Waals surface area (Å²) >= 11 is 5.92. The van der Waals surface area contributed by atoms with Gasteiger partial charge in [-0.05, 0) is 25.5 Å². The van der Waals surface area contributed by atoms with Crippen molar-refractivity contribution in [1.29, 1.82) is 0 Å². The maximum absolute atomic E-state index is 13.7. The van der Waals surface area contributed by atoms with Crippen molar-refractivity contribution in [1.82, 2.24) is 10.1 Å². The third-order valence-corrected chi connectivity index (χ3v) is 3.16. The van der Waals surface area contributed by atoms with E-state index in [2.05, 4.69) is 10.1 Å². The number of benzene rings is 1. The number of nitrogens with zero attached hydrogens (tertiary/aromatic N) is 2. The predicted octanol–water partition coefficient (Wildman–Crippen LogP) is 3.11. The lowest BCUT2D eigenvalue weighted by atomic mass is 10.00. The minimum atomic E-state index is -0.709. The largest absolute Gasteiger partial charge is 0.334 e. The topological polar surface area (TPSA) is 64.9 Å². The van der Waals surface area contributed by atoms with E-state index in [-0.39, 0.29) is 16.5 Å². The molecule has 4 nitrogen and oxygen atoms in total. The minimum Gasteiger partial charge on any atom is -0.334 e. The van der Waals surface area contributed by atoms with Crippen LogP contribution in [0.4, 0.5) is 4.39 Å². The summed E-state index contributed by atoms with van der Waals surface area (Å²) in [5.74, 6) is -0.134. The highest BCUT2D eigenvalue weighted by Crippen LogP contribution is 2.30. The molecule has 1 atom stereocenters. The Morgan fingerprint density at radius 2 is 2.22 bits per heavy atom. The lowest BCUT2D eigenvalue weighted by Crippen LogP contribution is -2.33. The van der Waals surface area contributed by atoms with E-state index >= 15 is 0 Å². The highest BCUT2D eigenvalue weighted by atomic mass is 35.5. The zero-order chi connectivity index (χ0) is 13.3. The number of rotatable bonds is 3. The van der Waals surface area contributed by atoms with Crippen LogP contribution in [-0.2, 0) is 5.54 Å². The number of nitrogens with two attached hydrogens (primary N) is 1. The van der Waals surface area contributed by atoms with Gasteiger partial charge in [0.2, 0.25) is 0 Å². The molecule has 1 unspecified atom stereocenters. The van der Waals surface area contributed by atoms with Gasteiger partial charge in [-0.15, -0.1) is 0 Å². The molecule has 1 heterocycles. The fraction of sp³-hybridized carbons (Fsp3) is 0.333. The van der Waals surface area contributed by atoms with E-state index in [0.717, 1.165) is 0 Å². The van der Waals surface area contributed by atoms with E-state index in [1.165, 1.54) is 12.1 Å². The molecular weight excluding hydrogens is 257 g/mol. The summed E-state index contributed by atoms with van der Waals surface area (Å²) in [6.45, 7) is 3.69. The molecule has 0 amide bonds. The van der Waals surface area contributed by atoms with E-state index in [0.29, 0.717) is 12.2 Å². The Hall–Kier alpha value is -1.46. The van der Waals surface area contributed by atoms with Crippen molar-refractivity contribution in [2.45, 2.75) is 25.8 Å². The van der Waals surface area contributed by atoms with Crippen molar-refractivity contribution in [2.24, 2.45) is 5.73 Å². The van der Waals surface area contributed by atoms with Gasteiger partial charge in [0.05, 0.1) is 16.1 Å². The number of hydrogen-bond acceptors (Lipinski definition) is 4. The van der Waals surface area contributed by atoms with Gasteiger partial charge in [-0.3, -0.25) is 0 Å². The fourth-order valence-corrected chi connectivity index (χ4v) is 1.66. The van der Waals surface area contributed by atoms with Gasteiger partial charge in [-0.25, -0.2) is 4.39 Å². The summed E-state index contributed by atoms with van der Waals surface area (Å²) in [7, 11) is 0. The molecule has 0 saturated heterocycles. The lowest BCUT2D eigenvalue weighted by molar-refractivity contribution is 0.378. The van der Waals surface area contributed by atoms with Gasteiger partial charge < -0.3 is 10.3 Å². The van der Waals surface area contributed by atoms with Gasteiger partial charge in [0.1, 0.15) is 5.82 Å². The van der Waals surface area contributed by atoms with Crippen LogP contribution in [0.1, 0.15) is 26.1 Å². The first-order valence-corrected chi connectivity index (χ1v) is 5.91. The number of aromatic nitrogens is 2. The summed E-state index contributed by atoms with van der Waals surface area (Å²) in [5.41, 5.74) is 5.39. The molecule has 2 N–H and O–H groups in total. The van der Waals surface area contributed by atoms with Crippen molar-refractivity contribution in [3.63, 3.8) is 0 Å². The molecule has 2 aromatic rings. The first-order valence-electron chi connectivity index (χ1n) is 5.53. The number of halogens is 2. The molecule has 0 fully saturated rings. The van der Waals surface area contributed by atoms with Gasteiger partial charge in [-0.1, -0.05) is 29.7 Å². The summed E-state index contributed by atoms with van der Waals surface area (Å²) in [6, 6.07) is 4.36. The van der Waals surface area contributed by atoms with Crippen LogP contribution in [0.15, 0.2) is 22.7 Å². The van der Waals surface area contributed by atoms with Gasteiger partial charge in [0, 0.05) is 0 Å². The van der Waals surface area contributed by atoms with Crippen LogP contribution in [0.25, 0.3) is 11.5 Å². The van der Waals surface area contributed by atoms with Gasteiger partial charge >= 0.3 is 0 Å². The molecule has 0 bridgehead atoms. The molecule has 1 aromatic heterocycles. The zero-order valence-corrected chi connectivity index (χ0v) is 10.8. The SMILES string of the molecule is CCC(C)(N)c1noc(-c2c(F)cccc2Cl)n1. The Bertz CT molecular complexity index is 548. The molecular formula is C12H13ClFN3O. The molecule has 6 heteroatoms. The average Bonchev–Trinajstić information content (AvgIpc) is 2.79. The Balaban J connectivity index is 2.48. The molecule has 18 heavy (non-hydrogen) atoms. The maximum atomic E-state index is 13.7. The molecule has 0 aliphatic rings. The molecule has 0 radical (unpaired) electrons. The van der Waals surface area contributed by atoms with E-state index < -0.39 is 11.4 Å². The molecule has 96 valence electrons. The predicted molar refractivity (Wildman–Crippen MR) is 66.5 cm³/mol. The van der Waals surface area contributed by atoms with E-state index in [1.807, 2.05) is 6.92 Å². The second-order valence-electron chi connectivity index (χ2n) is 4.29. The van der Waals surface area contributed by atoms with Crippen LogP contribution in [0, 0.1) is 5.82 Å². The first kappa shape index (κ1) is 13.0. The van der Waals surface area contributed by atoms with Gasteiger partial charge in [0.15, 0.2) is 5.82 Å². The fourth-order valence-electron chi connectivity index (χ4n) is 1.42. The van der Waals surface area contributed by atoms with Crippen molar-refractivity contribution in [3.05, 3.63) is 34.9 Å². The van der Waals surface area contributed by atoms with Crippen LogP contribution in [0.3, 0.4) is 0 Å². The average molecular weight is 270 g/mol. The van der Waals surface area contributed by atoms with Crippen LogP contribution in [0.5, 0.6) is 0 Å². The Labute approximate surface area is 109 Å². The van der Waals surface area contributed by atoms with Gasteiger partial charge in [-0.2, -0.15) is 4.98 Å². The van der Waals surface area contributed by atoms with Crippen LogP contribution >= 0.6 is 11.6 Å². The highest BCUT2D eigenvalue weighted by molar-refractivity contribution is 6.33.